The largest absolute Gasteiger partial charge is 0.508 e. The lowest BCUT2D eigenvalue weighted by molar-refractivity contribution is -0.157. The lowest BCUT2D eigenvalue weighted by atomic mass is 9.42. The smallest absolute Gasteiger partial charge is 0.312 e. The lowest BCUT2D eigenvalue weighted by Crippen LogP contribution is -2.60. The molecule has 3 aromatic rings. The highest BCUT2D eigenvalue weighted by Gasteiger charge is 2.71. The summed E-state index contributed by atoms with van der Waals surface area (Å²) in [7, 11) is 1.58. The first kappa shape index (κ1) is 22.7. The summed E-state index contributed by atoms with van der Waals surface area (Å²) in [5.41, 5.74) is 1.81. The molecule has 3 aromatic carbocycles. The van der Waals surface area contributed by atoms with Crippen molar-refractivity contribution in [3.8, 4) is 11.5 Å². The number of hydrogen-bond donors (Lipinski definition) is 2. The first-order chi connectivity index (χ1) is 17.4. The highest BCUT2D eigenvalue weighted by Crippen LogP contribution is 2.70. The van der Waals surface area contributed by atoms with Crippen LogP contribution in [0.1, 0.15) is 41.0 Å². The van der Waals surface area contributed by atoms with Crippen LogP contribution in [0.5, 0.6) is 11.5 Å². The van der Waals surface area contributed by atoms with Crippen molar-refractivity contribution in [2.24, 2.45) is 11.3 Å². The molecule has 2 bridgehead atoms. The van der Waals surface area contributed by atoms with Crippen molar-refractivity contribution in [3.63, 3.8) is 0 Å². The van der Waals surface area contributed by atoms with Crippen molar-refractivity contribution < 1.29 is 24.5 Å². The number of likely N-dealkylation sites (tertiary alicyclic amines) is 1. The van der Waals surface area contributed by atoms with Gasteiger partial charge in [-0.05, 0) is 36.1 Å². The number of ether oxygens (including phenoxy) is 1. The average molecular weight is 484 g/mol. The molecular formula is C30H29NO5. The number of para-hydroxylation sites is 1. The number of nitrogens with zero attached hydrogens (tertiary/aromatic N) is 1. The van der Waals surface area contributed by atoms with Crippen molar-refractivity contribution in [2.75, 3.05) is 20.2 Å². The molecule has 3 aliphatic carbocycles. The topological polar surface area (TPSA) is 87.1 Å². The average Bonchev–Trinajstić information content (AvgIpc) is 3.34. The van der Waals surface area contributed by atoms with E-state index in [1.54, 1.807) is 18.1 Å². The molecule has 0 spiro atoms. The van der Waals surface area contributed by atoms with E-state index < -0.39 is 16.8 Å². The Hall–Kier alpha value is -3.80. The number of hydrogen-bond acceptors (Lipinski definition) is 4. The molecule has 6 nitrogen and oxygen atoms in total. The van der Waals surface area contributed by atoms with Crippen molar-refractivity contribution in [1.29, 1.82) is 0 Å². The van der Waals surface area contributed by atoms with Crippen LogP contribution in [-0.2, 0) is 21.4 Å². The molecule has 4 aliphatic rings. The van der Waals surface area contributed by atoms with E-state index >= 15 is 0 Å². The summed E-state index contributed by atoms with van der Waals surface area (Å²) in [6, 6.07) is 23.0. The molecule has 2 N–H and O–H groups in total. The Morgan fingerprint density at radius 1 is 1.03 bits per heavy atom. The number of phenols is 1. The first-order valence-corrected chi connectivity index (χ1v) is 12.4. The third kappa shape index (κ3) is 2.90. The monoisotopic (exact) mass is 483 g/mol. The molecule has 1 heterocycles. The van der Waals surface area contributed by atoms with Gasteiger partial charge in [0, 0.05) is 41.5 Å². The number of fused-ring (bicyclic) bond motifs is 1. The second-order valence-corrected chi connectivity index (χ2v) is 10.3. The molecule has 6 heteroatoms. The van der Waals surface area contributed by atoms with E-state index in [4.69, 9.17) is 4.74 Å². The Balaban J connectivity index is 1.49. The van der Waals surface area contributed by atoms with E-state index in [-0.39, 0.29) is 36.5 Å². The van der Waals surface area contributed by atoms with Crippen LogP contribution in [0.2, 0.25) is 0 Å². The molecule has 0 radical (unpaired) electrons. The normalized spacial score (nSPS) is 27.9. The van der Waals surface area contributed by atoms with Crippen LogP contribution in [0.25, 0.3) is 0 Å². The molecule has 36 heavy (non-hydrogen) atoms. The van der Waals surface area contributed by atoms with Crippen molar-refractivity contribution in [3.05, 3.63) is 95.1 Å². The van der Waals surface area contributed by atoms with Crippen LogP contribution in [0.15, 0.2) is 72.8 Å². The van der Waals surface area contributed by atoms with Gasteiger partial charge in [0.25, 0.3) is 0 Å². The maximum Gasteiger partial charge on any atom is 0.312 e. The van der Waals surface area contributed by atoms with Crippen LogP contribution in [0.3, 0.4) is 0 Å². The fourth-order valence-electron chi connectivity index (χ4n) is 7.57. The van der Waals surface area contributed by atoms with Gasteiger partial charge in [-0.1, -0.05) is 60.7 Å². The van der Waals surface area contributed by atoms with Gasteiger partial charge in [0.05, 0.1) is 18.9 Å². The first-order valence-electron chi connectivity index (χ1n) is 12.4. The van der Waals surface area contributed by atoms with Gasteiger partial charge < -0.3 is 19.8 Å². The van der Waals surface area contributed by atoms with Gasteiger partial charge in [-0.25, -0.2) is 0 Å². The SMILES string of the molecule is COc1ccccc1CC(=O)N1C[C@H]2[C@@]3(c4ccccc4)CC[C@H](c4c(O)cccc43)[C@@]2(C(=O)O)C1. The van der Waals surface area contributed by atoms with Gasteiger partial charge in [-0.2, -0.15) is 0 Å². The van der Waals surface area contributed by atoms with E-state index in [9.17, 15) is 19.8 Å². The fraction of sp³-hybridized carbons (Fsp3) is 0.333. The summed E-state index contributed by atoms with van der Waals surface area (Å²) in [5, 5.41) is 21.8. The molecule has 4 atom stereocenters. The number of carbonyl (C=O) groups is 2. The molecular weight excluding hydrogens is 454 g/mol. The molecule has 7 rings (SSSR count). The second kappa shape index (κ2) is 8.12. The Kier molecular flexibility index (Phi) is 5.11. The second-order valence-electron chi connectivity index (χ2n) is 10.3. The van der Waals surface area contributed by atoms with E-state index in [1.807, 2.05) is 54.6 Å². The summed E-state index contributed by atoms with van der Waals surface area (Å²) >= 11 is 0. The van der Waals surface area contributed by atoms with Gasteiger partial charge >= 0.3 is 5.97 Å². The fourth-order valence-corrected chi connectivity index (χ4v) is 7.57. The molecule has 184 valence electrons. The molecule has 0 unspecified atom stereocenters. The predicted octanol–water partition coefficient (Wildman–Crippen LogP) is 4.35. The molecule has 1 saturated carbocycles. The van der Waals surface area contributed by atoms with Crippen LogP contribution in [0.4, 0.5) is 0 Å². The summed E-state index contributed by atoms with van der Waals surface area (Å²) in [4.78, 5) is 28.6. The van der Waals surface area contributed by atoms with Gasteiger partial charge in [-0.3, -0.25) is 9.59 Å². The summed E-state index contributed by atoms with van der Waals surface area (Å²) in [6.07, 6.45) is 1.58. The van der Waals surface area contributed by atoms with Crippen LogP contribution in [-0.4, -0.2) is 47.2 Å². The highest BCUT2D eigenvalue weighted by molar-refractivity contribution is 5.85. The zero-order chi connectivity index (χ0) is 25.1. The number of phenolic OH excluding ortho intramolecular Hbond substituents is 1. The minimum atomic E-state index is -1.17. The van der Waals surface area contributed by atoms with Crippen molar-refractivity contribution in [2.45, 2.75) is 30.6 Å². The van der Waals surface area contributed by atoms with Gasteiger partial charge in [0.1, 0.15) is 11.5 Å². The molecule has 1 saturated heterocycles. The number of amides is 1. The molecule has 1 amide bonds. The van der Waals surface area contributed by atoms with Crippen molar-refractivity contribution in [1.82, 2.24) is 4.90 Å². The maximum absolute atomic E-state index is 13.6. The Bertz CT molecular complexity index is 1350. The van der Waals surface area contributed by atoms with Gasteiger partial charge in [-0.15, -0.1) is 0 Å². The molecule has 1 aliphatic heterocycles. The van der Waals surface area contributed by atoms with Crippen LogP contribution >= 0.6 is 0 Å². The third-order valence-corrected chi connectivity index (χ3v) is 9.01. The Labute approximate surface area is 210 Å². The molecule has 0 aromatic heterocycles. The zero-order valence-corrected chi connectivity index (χ0v) is 20.2. The van der Waals surface area contributed by atoms with E-state index in [0.29, 0.717) is 18.7 Å². The Morgan fingerprint density at radius 2 is 1.78 bits per heavy atom. The van der Waals surface area contributed by atoms with E-state index in [1.165, 1.54) is 0 Å². The van der Waals surface area contributed by atoms with Gasteiger partial charge in [0.15, 0.2) is 0 Å². The number of aliphatic carboxylic acids is 1. The number of carboxylic acids is 1. The number of rotatable bonds is 5. The number of benzene rings is 3. The molecule has 2 fully saturated rings. The summed E-state index contributed by atoms with van der Waals surface area (Å²) in [5.74, 6) is -0.862. The van der Waals surface area contributed by atoms with Crippen LogP contribution in [0, 0.1) is 11.3 Å². The minimum absolute atomic E-state index is 0.106. The number of aromatic hydroxyl groups is 1. The third-order valence-electron chi connectivity index (χ3n) is 9.01. The number of methoxy groups -OCH3 is 1. The summed E-state index contributed by atoms with van der Waals surface area (Å²) in [6.45, 7) is 0.495. The number of carboxylic acid groups (broad SMARTS) is 1. The number of carbonyl (C=O) groups excluding carboxylic acids is 1. The lowest BCUT2D eigenvalue weighted by Gasteiger charge is -2.59. The summed E-state index contributed by atoms with van der Waals surface area (Å²) < 4.78 is 5.44. The maximum atomic E-state index is 13.6. The van der Waals surface area contributed by atoms with E-state index in [2.05, 4.69) is 12.1 Å². The van der Waals surface area contributed by atoms with Crippen molar-refractivity contribution >= 4 is 11.9 Å². The predicted molar refractivity (Wildman–Crippen MR) is 134 cm³/mol. The quantitative estimate of drug-likeness (QED) is 0.564. The zero-order valence-electron chi connectivity index (χ0n) is 20.2. The van der Waals surface area contributed by atoms with E-state index in [0.717, 1.165) is 28.7 Å². The highest BCUT2D eigenvalue weighted by atomic mass is 16.5. The standard InChI is InChI=1S/C30H29NO5/c1-36-24-13-6-5-8-19(24)16-26(33)31-17-25-29(20-9-3-2-4-10-20)15-14-22(30(25,18-31)28(34)35)27-21(29)11-7-12-23(27)32/h2-13,22,25,32H,14-18H2,1H3,(H,34,35)/t22-,25+,29-,30+/m1/s1. The Morgan fingerprint density at radius 3 is 2.53 bits per heavy atom. The van der Waals surface area contributed by atoms with Crippen LogP contribution < -0.4 is 4.74 Å². The van der Waals surface area contributed by atoms with Gasteiger partial charge in [0.2, 0.25) is 5.91 Å². The minimum Gasteiger partial charge on any atom is -0.508 e.